The van der Waals surface area contributed by atoms with Gasteiger partial charge in [0.15, 0.2) is 11.0 Å². The molecule has 1 aliphatic rings. The third kappa shape index (κ3) is 3.63. The molecule has 1 aromatic heterocycles. The van der Waals surface area contributed by atoms with E-state index in [9.17, 15) is 9.59 Å². The number of hydrogen-bond donors (Lipinski definition) is 1. The number of amides is 2. The van der Waals surface area contributed by atoms with E-state index in [1.165, 1.54) is 16.7 Å². The molecule has 0 bridgehead atoms. The summed E-state index contributed by atoms with van der Waals surface area (Å²) in [7, 11) is 1.89. The summed E-state index contributed by atoms with van der Waals surface area (Å²) < 4.78 is 1.90. The Hall–Kier alpha value is -3.13. The van der Waals surface area contributed by atoms with Crippen molar-refractivity contribution in [3.05, 3.63) is 54.1 Å². The summed E-state index contributed by atoms with van der Waals surface area (Å²) >= 11 is 1.34. The molecule has 148 valence electrons. The summed E-state index contributed by atoms with van der Waals surface area (Å²) in [5.74, 6) is 0.417. The molecular weight excluding hydrogens is 386 g/mol. The Morgan fingerprint density at radius 3 is 2.66 bits per heavy atom. The molecular formula is C21H21N5O2S. The predicted molar refractivity (Wildman–Crippen MR) is 114 cm³/mol. The highest BCUT2D eigenvalue weighted by molar-refractivity contribution is 8.00. The average molecular weight is 407 g/mol. The van der Waals surface area contributed by atoms with E-state index in [0.717, 1.165) is 17.0 Å². The number of hydrogen-bond acceptors (Lipinski definition) is 5. The van der Waals surface area contributed by atoms with Gasteiger partial charge >= 0.3 is 0 Å². The third-order valence-corrected chi connectivity index (χ3v) is 6.01. The zero-order valence-electron chi connectivity index (χ0n) is 16.4. The Labute approximate surface area is 173 Å². The topological polar surface area (TPSA) is 80.1 Å². The van der Waals surface area contributed by atoms with Gasteiger partial charge < -0.3 is 9.88 Å². The number of anilines is 2. The first-order chi connectivity index (χ1) is 14.0. The van der Waals surface area contributed by atoms with Gasteiger partial charge in [0.05, 0.1) is 16.6 Å². The largest absolute Gasteiger partial charge is 0.323 e. The Morgan fingerprint density at radius 2 is 1.86 bits per heavy atom. The normalized spacial score (nSPS) is 14.3. The van der Waals surface area contributed by atoms with Crippen LogP contribution in [0.4, 0.5) is 11.4 Å². The van der Waals surface area contributed by atoms with Gasteiger partial charge in [-0.2, -0.15) is 0 Å². The van der Waals surface area contributed by atoms with E-state index in [0.29, 0.717) is 16.5 Å². The minimum atomic E-state index is -0.429. The summed E-state index contributed by atoms with van der Waals surface area (Å²) in [5.41, 5.74) is 3.48. The van der Waals surface area contributed by atoms with Gasteiger partial charge in [-0.05, 0) is 31.5 Å². The molecule has 0 fully saturated rings. The minimum absolute atomic E-state index is 0.00796. The molecule has 0 saturated heterocycles. The smallest absolute Gasteiger partial charge is 0.244 e. The number of fused-ring (bicyclic) bond motifs is 1. The molecule has 1 N–H and O–H groups in total. The summed E-state index contributed by atoms with van der Waals surface area (Å²) in [5, 5.41) is 11.6. The van der Waals surface area contributed by atoms with Crippen molar-refractivity contribution in [1.29, 1.82) is 0 Å². The number of rotatable bonds is 4. The lowest BCUT2D eigenvalue weighted by Crippen LogP contribution is -2.45. The van der Waals surface area contributed by atoms with Gasteiger partial charge in [-0.15, -0.1) is 10.2 Å². The predicted octanol–water partition coefficient (Wildman–Crippen LogP) is 3.26. The van der Waals surface area contributed by atoms with Crippen LogP contribution < -0.4 is 10.2 Å². The van der Waals surface area contributed by atoms with Crippen molar-refractivity contribution in [2.24, 2.45) is 7.05 Å². The zero-order chi connectivity index (χ0) is 20.5. The lowest BCUT2D eigenvalue weighted by atomic mass is 10.1. The maximum atomic E-state index is 13.1. The molecule has 2 heterocycles. The van der Waals surface area contributed by atoms with Crippen molar-refractivity contribution in [3.8, 4) is 11.4 Å². The van der Waals surface area contributed by atoms with E-state index in [1.807, 2.05) is 67.9 Å². The quantitative estimate of drug-likeness (QED) is 0.672. The van der Waals surface area contributed by atoms with Gasteiger partial charge in [0.25, 0.3) is 0 Å². The molecule has 29 heavy (non-hydrogen) atoms. The standard InChI is InChI=1S/C21H21N5O2S/c1-13-8-4-5-9-15(13)19-23-24-21(25(19)3)29-14(2)20(28)26-12-18(27)22-16-10-6-7-11-17(16)26/h4-11,14H,12H2,1-3H3,(H,22,27)/t14-/m0/s1. The molecule has 1 aliphatic heterocycles. The molecule has 8 heteroatoms. The van der Waals surface area contributed by atoms with Gasteiger partial charge in [-0.3, -0.25) is 14.5 Å². The molecule has 0 aliphatic carbocycles. The number of thioether (sulfide) groups is 1. The SMILES string of the molecule is Cc1ccccc1-c1nnc(S[C@@H](C)C(=O)N2CC(=O)Nc3ccccc32)n1C. The van der Waals surface area contributed by atoms with E-state index < -0.39 is 5.25 Å². The number of aromatic nitrogens is 3. The number of nitrogens with one attached hydrogen (secondary N) is 1. The highest BCUT2D eigenvalue weighted by Crippen LogP contribution is 2.32. The monoisotopic (exact) mass is 407 g/mol. The number of carbonyl (C=O) groups excluding carboxylic acids is 2. The maximum absolute atomic E-state index is 13.1. The maximum Gasteiger partial charge on any atom is 0.244 e. The van der Waals surface area contributed by atoms with Crippen LogP contribution >= 0.6 is 11.8 Å². The fourth-order valence-electron chi connectivity index (χ4n) is 3.33. The lowest BCUT2D eigenvalue weighted by Gasteiger charge is -2.30. The molecule has 0 unspecified atom stereocenters. The first-order valence-electron chi connectivity index (χ1n) is 9.28. The summed E-state index contributed by atoms with van der Waals surface area (Å²) in [6.45, 7) is 3.86. The molecule has 3 aromatic rings. The van der Waals surface area contributed by atoms with Crippen LogP contribution in [0.25, 0.3) is 11.4 Å². The van der Waals surface area contributed by atoms with Crippen molar-refractivity contribution in [1.82, 2.24) is 14.8 Å². The fourth-order valence-corrected chi connectivity index (χ4v) is 4.21. The highest BCUT2D eigenvalue weighted by Gasteiger charge is 2.31. The van der Waals surface area contributed by atoms with Crippen LogP contribution in [0.3, 0.4) is 0 Å². The Balaban J connectivity index is 1.56. The van der Waals surface area contributed by atoms with E-state index in [4.69, 9.17) is 0 Å². The van der Waals surface area contributed by atoms with Gasteiger partial charge in [-0.1, -0.05) is 48.2 Å². The number of para-hydroxylation sites is 2. The molecule has 2 aromatic carbocycles. The Morgan fingerprint density at radius 1 is 1.14 bits per heavy atom. The van der Waals surface area contributed by atoms with Gasteiger partial charge in [0.2, 0.25) is 11.8 Å². The minimum Gasteiger partial charge on any atom is -0.323 e. The number of carbonyl (C=O) groups is 2. The van der Waals surface area contributed by atoms with Crippen molar-refractivity contribution >= 4 is 35.0 Å². The fraction of sp³-hybridized carbons (Fsp3) is 0.238. The molecule has 4 rings (SSSR count). The van der Waals surface area contributed by atoms with E-state index >= 15 is 0 Å². The second kappa shape index (κ2) is 7.71. The third-order valence-electron chi connectivity index (χ3n) is 4.89. The van der Waals surface area contributed by atoms with E-state index in [1.54, 1.807) is 6.07 Å². The summed E-state index contributed by atoms with van der Waals surface area (Å²) in [4.78, 5) is 26.7. The van der Waals surface area contributed by atoms with Crippen LogP contribution in [-0.4, -0.2) is 38.4 Å². The Kier molecular flexibility index (Phi) is 5.10. The molecule has 0 radical (unpaired) electrons. The van der Waals surface area contributed by atoms with Crippen molar-refractivity contribution in [2.45, 2.75) is 24.3 Å². The second-order valence-electron chi connectivity index (χ2n) is 6.93. The average Bonchev–Trinajstić information content (AvgIpc) is 3.07. The lowest BCUT2D eigenvalue weighted by molar-refractivity contribution is -0.121. The number of benzene rings is 2. The number of nitrogens with zero attached hydrogens (tertiary/aromatic N) is 4. The summed E-state index contributed by atoms with van der Waals surface area (Å²) in [6, 6.07) is 15.3. The van der Waals surface area contributed by atoms with Gasteiger partial charge in [0.1, 0.15) is 6.54 Å². The highest BCUT2D eigenvalue weighted by atomic mass is 32.2. The van der Waals surface area contributed by atoms with Crippen LogP contribution in [0.1, 0.15) is 12.5 Å². The second-order valence-corrected chi connectivity index (χ2v) is 8.24. The summed E-state index contributed by atoms with van der Waals surface area (Å²) in [6.07, 6.45) is 0. The molecule has 0 saturated carbocycles. The van der Waals surface area contributed by atoms with Crippen LogP contribution in [-0.2, 0) is 16.6 Å². The molecule has 0 spiro atoms. The van der Waals surface area contributed by atoms with Crippen LogP contribution in [0.5, 0.6) is 0 Å². The van der Waals surface area contributed by atoms with Crippen molar-refractivity contribution in [2.75, 3.05) is 16.8 Å². The molecule has 1 atom stereocenters. The Bertz CT molecular complexity index is 1090. The first kappa shape index (κ1) is 19.2. The first-order valence-corrected chi connectivity index (χ1v) is 10.2. The van der Waals surface area contributed by atoms with Crippen molar-refractivity contribution in [3.63, 3.8) is 0 Å². The van der Waals surface area contributed by atoms with E-state index in [-0.39, 0.29) is 18.4 Å². The van der Waals surface area contributed by atoms with E-state index in [2.05, 4.69) is 15.5 Å². The molecule has 2 amide bonds. The zero-order valence-corrected chi connectivity index (χ0v) is 17.2. The van der Waals surface area contributed by atoms with Gasteiger partial charge in [-0.25, -0.2) is 0 Å². The van der Waals surface area contributed by atoms with Crippen LogP contribution in [0, 0.1) is 6.92 Å². The number of aryl methyl sites for hydroxylation is 1. The van der Waals surface area contributed by atoms with Crippen LogP contribution in [0.15, 0.2) is 53.7 Å². The molecule has 7 nitrogen and oxygen atoms in total. The van der Waals surface area contributed by atoms with Crippen LogP contribution in [0.2, 0.25) is 0 Å². The van der Waals surface area contributed by atoms with Crippen molar-refractivity contribution < 1.29 is 9.59 Å². The van der Waals surface area contributed by atoms with Gasteiger partial charge in [0, 0.05) is 12.6 Å².